The van der Waals surface area contributed by atoms with Crippen LogP contribution in [0.2, 0.25) is 0 Å². The van der Waals surface area contributed by atoms with Crippen molar-refractivity contribution in [2.45, 2.75) is 6.42 Å². The second-order valence-corrected chi connectivity index (χ2v) is 7.50. The van der Waals surface area contributed by atoms with E-state index in [1.165, 1.54) is 11.2 Å². The molecule has 1 amide bonds. The maximum atomic E-state index is 11.1. The molecule has 32 heavy (non-hydrogen) atoms. The number of fused-ring (bicyclic) bond motifs is 1. The Hall–Kier alpha value is -4.27. The van der Waals surface area contributed by atoms with E-state index < -0.39 is 6.09 Å². The van der Waals surface area contributed by atoms with Crippen molar-refractivity contribution in [2.75, 3.05) is 25.5 Å². The third-order valence-corrected chi connectivity index (χ3v) is 5.60. The molecule has 1 aliphatic heterocycles. The fourth-order valence-corrected chi connectivity index (χ4v) is 3.93. The summed E-state index contributed by atoms with van der Waals surface area (Å²) in [6.07, 6.45) is 5.08. The Labute approximate surface area is 183 Å². The number of rotatable bonds is 5. The van der Waals surface area contributed by atoms with Gasteiger partial charge < -0.3 is 30.0 Å². The predicted octanol–water partition coefficient (Wildman–Crippen LogP) is 4.47. The van der Waals surface area contributed by atoms with Crippen LogP contribution in [0.15, 0.2) is 55.0 Å². The lowest BCUT2D eigenvalue weighted by molar-refractivity contribution is 0.150. The lowest BCUT2D eigenvalue weighted by Gasteiger charge is -2.23. The normalized spacial score (nSPS) is 13.8. The molecule has 4 N–H and O–H groups in total. The average Bonchev–Trinajstić information content (AvgIpc) is 3.50. The highest BCUT2D eigenvalue weighted by Crippen LogP contribution is 2.34. The smallest absolute Gasteiger partial charge is 0.407 e. The van der Waals surface area contributed by atoms with Gasteiger partial charge in [-0.1, -0.05) is 6.08 Å². The Morgan fingerprint density at radius 3 is 2.84 bits per heavy atom. The number of benzene rings is 1. The van der Waals surface area contributed by atoms with Gasteiger partial charge in [0.1, 0.15) is 23.5 Å². The molecule has 1 aromatic carbocycles. The Kier molecular flexibility index (Phi) is 4.98. The molecule has 0 aliphatic carbocycles. The van der Waals surface area contributed by atoms with Gasteiger partial charge >= 0.3 is 6.09 Å². The third-order valence-electron chi connectivity index (χ3n) is 5.60. The van der Waals surface area contributed by atoms with Crippen LogP contribution in [0, 0.1) is 0 Å². The summed E-state index contributed by atoms with van der Waals surface area (Å²) in [5.41, 5.74) is 5.49. The molecule has 0 radical (unpaired) electrons. The minimum atomic E-state index is -0.896. The van der Waals surface area contributed by atoms with Crippen molar-refractivity contribution in [2.24, 2.45) is 0 Å². The van der Waals surface area contributed by atoms with Crippen LogP contribution in [0.1, 0.15) is 12.1 Å². The fraction of sp³-hybridized carbons (Fsp3) is 0.174. The Bertz CT molecular complexity index is 1310. The summed E-state index contributed by atoms with van der Waals surface area (Å²) in [6.45, 7) is 0.852. The molecule has 0 saturated carbocycles. The zero-order chi connectivity index (χ0) is 22.1. The summed E-state index contributed by atoms with van der Waals surface area (Å²) in [5, 5.41) is 13.4. The minimum absolute atomic E-state index is 0.379. The number of nitrogens with zero attached hydrogens (tertiary/aromatic N) is 3. The van der Waals surface area contributed by atoms with Crippen LogP contribution < -0.4 is 10.1 Å². The fourth-order valence-electron chi connectivity index (χ4n) is 3.93. The van der Waals surface area contributed by atoms with Crippen molar-refractivity contribution in [3.05, 3.63) is 60.7 Å². The molecular formula is C23H22N6O3. The topological polar surface area (TPSA) is 119 Å². The SMILES string of the molecule is COc1ccc(Nc2ncnc3[nH]c(C4=CCN(C(=O)O)CC4)cc23)cc1-c1ccc[nH]1. The second-order valence-electron chi connectivity index (χ2n) is 7.50. The molecule has 0 spiro atoms. The number of carbonyl (C=O) groups is 1. The second kappa shape index (κ2) is 8.10. The molecule has 4 aromatic rings. The molecule has 0 unspecified atom stereocenters. The highest BCUT2D eigenvalue weighted by Gasteiger charge is 2.19. The maximum Gasteiger partial charge on any atom is 0.407 e. The van der Waals surface area contributed by atoms with Crippen LogP contribution in [0.3, 0.4) is 0 Å². The van der Waals surface area contributed by atoms with Crippen LogP contribution >= 0.6 is 0 Å². The molecule has 4 heterocycles. The van der Waals surface area contributed by atoms with Gasteiger partial charge in [-0.05, 0) is 48.4 Å². The lowest BCUT2D eigenvalue weighted by atomic mass is 10.1. The van der Waals surface area contributed by atoms with Crippen LogP contribution in [0.5, 0.6) is 5.75 Å². The van der Waals surface area contributed by atoms with Crippen molar-refractivity contribution in [1.82, 2.24) is 24.8 Å². The lowest BCUT2D eigenvalue weighted by Crippen LogP contribution is -2.33. The molecule has 9 nitrogen and oxygen atoms in total. The average molecular weight is 430 g/mol. The summed E-state index contributed by atoms with van der Waals surface area (Å²) in [5.74, 6) is 1.46. The third kappa shape index (κ3) is 3.64. The van der Waals surface area contributed by atoms with E-state index in [-0.39, 0.29) is 0 Å². The summed E-state index contributed by atoms with van der Waals surface area (Å²) >= 11 is 0. The summed E-state index contributed by atoms with van der Waals surface area (Å²) in [4.78, 5) is 27.9. The summed E-state index contributed by atoms with van der Waals surface area (Å²) < 4.78 is 5.51. The number of amides is 1. The van der Waals surface area contributed by atoms with E-state index in [1.807, 2.05) is 48.7 Å². The van der Waals surface area contributed by atoms with Gasteiger partial charge in [0, 0.05) is 41.9 Å². The first kappa shape index (κ1) is 19.7. The van der Waals surface area contributed by atoms with Crippen molar-refractivity contribution in [3.8, 4) is 17.0 Å². The number of carboxylic acid groups (broad SMARTS) is 1. The van der Waals surface area contributed by atoms with Crippen LogP contribution in [0.4, 0.5) is 16.3 Å². The van der Waals surface area contributed by atoms with Gasteiger partial charge in [-0.15, -0.1) is 0 Å². The van der Waals surface area contributed by atoms with Crippen molar-refractivity contribution >= 4 is 34.2 Å². The summed E-state index contributed by atoms with van der Waals surface area (Å²) in [7, 11) is 1.65. The molecule has 5 rings (SSSR count). The minimum Gasteiger partial charge on any atom is -0.496 e. The van der Waals surface area contributed by atoms with E-state index in [4.69, 9.17) is 9.84 Å². The molecule has 0 saturated heterocycles. The van der Waals surface area contributed by atoms with Crippen molar-refractivity contribution in [3.63, 3.8) is 0 Å². The van der Waals surface area contributed by atoms with E-state index >= 15 is 0 Å². The van der Waals surface area contributed by atoms with Gasteiger partial charge in [0.15, 0.2) is 0 Å². The molecule has 3 aromatic heterocycles. The van der Waals surface area contributed by atoms with Crippen LogP contribution in [0.25, 0.3) is 27.9 Å². The van der Waals surface area contributed by atoms with E-state index in [0.29, 0.717) is 25.3 Å². The highest BCUT2D eigenvalue weighted by atomic mass is 16.5. The van der Waals surface area contributed by atoms with E-state index in [9.17, 15) is 4.79 Å². The number of hydrogen-bond acceptors (Lipinski definition) is 5. The van der Waals surface area contributed by atoms with Crippen LogP contribution in [-0.2, 0) is 0 Å². The van der Waals surface area contributed by atoms with Gasteiger partial charge in [0.25, 0.3) is 0 Å². The number of hydrogen-bond donors (Lipinski definition) is 4. The predicted molar refractivity (Wildman–Crippen MR) is 122 cm³/mol. The Balaban J connectivity index is 1.46. The molecule has 0 fully saturated rings. The molecule has 1 aliphatic rings. The zero-order valence-electron chi connectivity index (χ0n) is 17.4. The largest absolute Gasteiger partial charge is 0.496 e. The first-order valence-corrected chi connectivity index (χ1v) is 10.2. The van der Waals surface area contributed by atoms with Crippen molar-refractivity contribution in [1.29, 1.82) is 0 Å². The van der Waals surface area contributed by atoms with Gasteiger partial charge in [-0.2, -0.15) is 0 Å². The number of anilines is 2. The molecule has 162 valence electrons. The Morgan fingerprint density at radius 2 is 2.12 bits per heavy atom. The first-order valence-electron chi connectivity index (χ1n) is 10.2. The van der Waals surface area contributed by atoms with Gasteiger partial charge in [-0.3, -0.25) is 0 Å². The van der Waals surface area contributed by atoms with Crippen LogP contribution in [-0.4, -0.2) is 56.2 Å². The standard InChI is InChI=1S/C23H22N6O3/c1-32-20-5-4-15(11-16(20)18-3-2-8-24-18)27-21-17-12-19(28-22(17)26-13-25-21)14-6-9-29(10-7-14)23(30)31/h2-6,8,11-13,24H,7,9-10H2,1H3,(H,30,31)(H2,25,26,27,28). The van der Waals surface area contributed by atoms with Crippen molar-refractivity contribution < 1.29 is 14.6 Å². The number of ether oxygens (including phenoxy) is 1. The van der Waals surface area contributed by atoms with E-state index in [1.54, 1.807) is 7.11 Å². The molecule has 9 heteroatoms. The van der Waals surface area contributed by atoms with Gasteiger partial charge in [-0.25, -0.2) is 14.8 Å². The number of methoxy groups -OCH3 is 1. The highest BCUT2D eigenvalue weighted by molar-refractivity contribution is 5.92. The number of aromatic nitrogens is 4. The molecule has 0 bridgehead atoms. The number of aromatic amines is 2. The zero-order valence-corrected chi connectivity index (χ0v) is 17.4. The number of nitrogens with one attached hydrogen (secondary N) is 3. The maximum absolute atomic E-state index is 11.1. The monoisotopic (exact) mass is 430 g/mol. The first-order chi connectivity index (χ1) is 15.6. The summed E-state index contributed by atoms with van der Waals surface area (Å²) in [6, 6.07) is 11.8. The van der Waals surface area contributed by atoms with Gasteiger partial charge in [0.05, 0.1) is 12.5 Å². The molecule has 0 atom stereocenters. The Morgan fingerprint density at radius 1 is 1.22 bits per heavy atom. The number of H-pyrrole nitrogens is 2. The van der Waals surface area contributed by atoms with E-state index in [0.717, 1.165) is 45.0 Å². The van der Waals surface area contributed by atoms with E-state index in [2.05, 4.69) is 25.3 Å². The van der Waals surface area contributed by atoms with Gasteiger partial charge in [0.2, 0.25) is 0 Å². The molecular weight excluding hydrogens is 408 g/mol. The quantitative estimate of drug-likeness (QED) is 0.371.